The third kappa shape index (κ3) is 2.47. The Labute approximate surface area is 131 Å². The zero-order chi connectivity index (χ0) is 15.0. The number of fused-ring (bicyclic) bond motifs is 1. The summed E-state index contributed by atoms with van der Waals surface area (Å²) in [6.45, 7) is 2.04. The van der Waals surface area contributed by atoms with E-state index in [-0.39, 0.29) is 5.02 Å². The fourth-order valence-corrected chi connectivity index (χ4v) is 2.70. The molecule has 0 atom stereocenters. The van der Waals surface area contributed by atoms with Crippen LogP contribution in [0, 0.1) is 5.82 Å². The first-order valence-corrected chi connectivity index (χ1v) is 7.27. The molecule has 0 spiro atoms. The molecule has 21 heavy (non-hydrogen) atoms. The lowest BCUT2D eigenvalue weighted by atomic mass is 10.1. The van der Waals surface area contributed by atoms with Gasteiger partial charge in [0.2, 0.25) is 0 Å². The average Bonchev–Trinajstić information content (AvgIpc) is 2.49. The largest absolute Gasteiger partial charge is 0.228 e. The van der Waals surface area contributed by atoms with Crippen molar-refractivity contribution in [3.63, 3.8) is 0 Å². The quantitative estimate of drug-likeness (QED) is 0.598. The fraction of sp³-hybridized carbons (Fsp3) is 0.125. The summed E-state index contributed by atoms with van der Waals surface area (Å²) in [5.74, 6) is -0.171. The van der Waals surface area contributed by atoms with Crippen LogP contribution in [0.3, 0.4) is 0 Å². The summed E-state index contributed by atoms with van der Waals surface area (Å²) in [6.07, 6.45) is 0.820. The van der Waals surface area contributed by atoms with Gasteiger partial charge in [0.15, 0.2) is 5.82 Å². The van der Waals surface area contributed by atoms with Crippen LogP contribution in [-0.2, 0) is 6.42 Å². The van der Waals surface area contributed by atoms with Gasteiger partial charge in [0, 0.05) is 10.9 Å². The Morgan fingerprint density at radius 3 is 2.57 bits per heavy atom. The van der Waals surface area contributed by atoms with Gasteiger partial charge in [-0.1, -0.05) is 48.3 Å². The Bertz CT molecular complexity index is 834. The predicted molar refractivity (Wildman–Crippen MR) is 84.3 cm³/mol. The topological polar surface area (TPSA) is 25.8 Å². The lowest BCUT2D eigenvalue weighted by Crippen LogP contribution is -1.96. The number of para-hydroxylation sites is 1. The molecule has 0 saturated heterocycles. The maximum absolute atomic E-state index is 13.6. The van der Waals surface area contributed by atoms with E-state index >= 15 is 0 Å². The van der Waals surface area contributed by atoms with E-state index in [4.69, 9.17) is 23.2 Å². The molecule has 0 radical (unpaired) electrons. The van der Waals surface area contributed by atoms with Crippen LogP contribution in [-0.4, -0.2) is 9.97 Å². The van der Waals surface area contributed by atoms with Gasteiger partial charge in [0.1, 0.15) is 11.0 Å². The lowest BCUT2D eigenvalue weighted by molar-refractivity contribution is 0.628. The van der Waals surface area contributed by atoms with Crippen LogP contribution in [0.2, 0.25) is 10.2 Å². The van der Waals surface area contributed by atoms with Gasteiger partial charge in [-0.05, 0) is 30.2 Å². The average molecular weight is 321 g/mol. The number of aromatic nitrogens is 2. The molecule has 0 unspecified atom stereocenters. The number of hydrogen-bond acceptors (Lipinski definition) is 2. The lowest BCUT2D eigenvalue weighted by Gasteiger charge is -2.09. The predicted octanol–water partition coefficient (Wildman–Crippen LogP) is 5.31. The zero-order valence-electron chi connectivity index (χ0n) is 11.2. The Morgan fingerprint density at radius 1 is 1.05 bits per heavy atom. The molecule has 0 saturated carbocycles. The van der Waals surface area contributed by atoms with E-state index in [1.165, 1.54) is 6.07 Å². The molecule has 0 bridgehead atoms. The standard InChI is InChI=1S/C16H11Cl2FN2/c1-2-9-5-3-7-11-14(9)20-16(21-15(11)18)10-6-4-8-12(19)13(10)17/h3-8H,2H2,1H3. The van der Waals surface area contributed by atoms with Crippen LogP contribution in [0.1, 0.15) is 12.5 Å². The summed E-state index contributed by atoms with van der Waals surface area (Å²) < 4.78 is 13.6. The normalized spacial score (nSPS) is 11.0. The molecule has 1 heterocycles. The van der Waals surface area contributed by atoms with Crippen molar-refractivity contribution in [3.8, 4) is 11.4 Å². The molecule has 106 valence electrons. The molecule has 0 aliphatic heterocycles. The highest BCUT2D eigenvalue weighted by molar-refractivity contribution is 6.35. The maximum Gasteiger partial charge on any atom is 0.163 e. The highest BCUT2D eigenvalue weighted by Gasteiger charge is 2.14. The van der Waals surface area contributed by atoms with Crippen molar-refractivity contribution in [1.82, 2.24) is 9.97 Å². The molecule has 3 rings (SSSR count). The molecule has 0 N–H and O–H groups in total. The van der Waals surface area contributed by atoms with Crippen molar-refractivity contribution in [2.75, 3.05) is 0 Å². The highest BCUT2D eigenvalue weighted by Crippen LogP contribution is 2.31. The summed E-state index contributed by atoms with van der Waals surface area (Å²) in [6, 6.07) is 10.3. The minimum atomic E-state index is -0.502. The number of aryl methyl sites for hydroxylation is 1. The van der Waals surface area contributed by atoms with E-state index in [2.05, 4.69) is 9.97 Å². The fourth-order valence-electron chi connectivity index (χ4n) is 2.26. The summed E-state index contributed by atoms with van der Waals surface area (Å²) in [5, 5.41) is 1.12. The molecule has 0 fully saturated rings. The van der Waals surface area contributed by atoms with Gasteiger partial charge in [-0.3, -0.25) is 0 Å². The van der Waals surface area contributed by atoms with Gasteiger partial charge in [-0.25, -0.2) is 14.4 Å². The Morgan fingerprint density at radius 2 is 1.81 bits per heavy atom. The first kappa shape index (κ1) is 14.2. The minimum Gasteiger partial charge on any atom is -0.228 e. The monoisotopic (exact) mass is 320 g/mol. The summed E-state index contributed by atoms with van der Waals surface area (Å²) in [7, 11) is 0. The zero-order valence-corrected chi connectivity index (χ0v) is 12.7. The molecular formula is C16H11Cl2FN2. The number of halogens is 3. The third-order valence-electron chi connectivity index (χ3n) is 3.34. The van der Waals surface area contributed by atoms with Crippen molar-refractivity contribution in [3.05, 3.63) is 58.0 Å². The number of rotatable bonds is 2. The Kier molecular flexibility index (Phi) is 3.79. The summed E-state index contributed by atoms with van der Waals surface area (Å²) in [4.78, 5) is 8.78. The molecule has 2 aromatic carbocycles. The molecule has 0 amide bonds. The van der Waals surface area contributed by atoms with E-state index in [1.54, 1.807) is 12.1 Å². The Hall–Kier alpha value is -1.71. The van der Waals surface area contributed by atoms with Gasteiger partial charge in [0.25, 0.3) is 0 Å². The van der Waals surface area contributed by atoms with Gasteiger partial charge in [0.05, 0.1) is 10.5 Å². The van der Waals surface area contributed by atoms with E-state index in [1.807, 2.05) is 25.1 Å². The van der Waals surface area contributed by atoms with E-state index in [0.717, 1.165) is 22.9 Å². The van der Waals surface area contributed by atoms with E-state index < -0.39 is 5.82 Å². The van der Waals surface area contributed by atoms with E-state index in [0.29, 0.717) is 16.5 Å². The van der Waals surface area contributed by atoms with Crippen LogP contribution >= 0.6 is 23.2 Å². The SMILES string of the molecule is CCc1cccc2c(Cl)nc(-c3cccc(F)c3Cl)nc12. The first-order valence-electron chi connectivity index (χ1n) is 6.51. The molecule has 2 nitrogen and oxygen atoms in total. The molecular weight excluding hydrogens is 310 g/mol. The summed E-state index contributed by atoms with van der Waals surface area (Å²) in [5.41, 5.74) is 2.27. The van der Waals surface area contributed by atoms with Crippen molar-refractivity contribution in [1.29, 1.82) is 0 Å². The second kappa shape index (κ2) is 5.58. The Balaban J connectivity index is 2.32. The van der Waals surface area contributed by atoms with E-state index in [9.17, 15) is 4.39 Å². The van der Waals surface area contributed by atoms with Crippen molar-refractivity contribution in [2.45, 2.75) is 13.3 Å². The first-order chi connectivity index (χ1) is 10.1. The number of nitrogens with zero attached hydrogens (tertiary/aromatic N) is 2. The summed E-state index contributed by atoms with van der Waals surface area (Å²) >= 11 is 12.3. The van der Waals surface area contributed by atoms with Gasteiger partial charge in [-0.2, -0.15) is 0 Å². The van der Waals surface area contributed by atoms with Gasteiger partial charge in [-0.15, -0.1) is 0 Å². The molecule has 0 aliphatic carbocycles. The second-order valence-corrected chi connectivity index (χ2v) is 5.34. The number of hydrogen-bond donors (Lipinski definition) is 0. The van der Waals surface area contributed by atoms with Crippen LogP contribution in [0.4, 0.5) is 4.39 Å². The van der Waals surface area contributed by atoms with Crippen LogP contribution in [0.5, 0.6) is 0 Å². The van der Waals surface area contributed by atoms with Crippen LogP contribution in [0.15, 0.2) is 36.4 Å². The van der Waals surface area contributed by atoms with Crippen LogP contribution in [0.25, 0.3) is 22.3 Å². The molecule has 3 aromatic rings. The molecule has 0 aliphatic rings. The van der Waals surface area contributed by atoms with Gasteiger partial charge >= 0.3 is 0 Å². The minimum absolute atomic E-state index is 0.00176. The maximum atomic E-state index is 13.6. The van der Waals surface area contributed by atoms with Crippen molar-refractivity contribution < 1.29 is 4.39 Å². The van der Waals surface area contributed by atoms with Gasteiger partial charge < -0.3 is 0 Å². The number of benzene rings is 2. The van der Waals surface area contributed by atoms with Crippen molar-refractivity contribution in [2.24, 2.45) is 0 Å². The second-order valence-electron chi connectivity index (χ2n) is 4.61. The van der Waals surface area contributed by atoms with Crippen LogP contribution < -0.4 is 0 Å². The highest BCUT2D eigenvalue weighted by atomic mass is 35.5. The third-order valence-corrected chi connectivity index (χ3v) is 4.01. The van der Waals surface area contributed by atoms with Crippen molar-refractivity contribution >= 4 is 34.1 Å². The molecule has 1 aromatic heterocycles. The molecule has 5 heteroatoms. The smallest absolute Gasteiger partial charge is 0.163 e.